The van der Waals surface area contributed by atoms with Crippen molar-refractivity contribution in [2.24, 2.45) is 0 Å². The van der Waals surface area contributed by atoms with E-state index in [0.717, 1.165) is 90.0 Å². The van der Waals surface area contributed by atoms with Crippen LogP contribution >= 0.6 is 0 Å². The molecule has 1 aromatic carbocycles. The van der Waals surface area contributed by atoms with Crippen molar-refractivity contribution in [2.75, 3.05) is 44.2 Å². The van der Waals surface area contributed by atoms with E-state index in [1.165, 1.54) is 23.4 Å². The van der Waals surface area contributed by atoms with Gasteiger partial charge in [0.15, 0.2) is 5.69 Å². The van der Waals surface area contributed by atoms with Gasteiger partial charge in [-0.15, -0.1) is 0 Å². The highest BCUT2D eigenvalue weighted by molar-refractivity contribution is 5.94. The zero-order valence-corrected chi connectivity index (χ0v) is 19.1. The standard InChI is InChI=1S/C25H34FN5O/c1-2-11-31-23-10-9-21(18-22(23)24(27-31)25(32)30-12-3-4-13-30)29-16-14-28(15-17-29)20-7-5-19(26)6-8-20/h5-8,21H,2-4,9-18H2,1H3. The Morgan fingerprint density at radius 3 is 2.47 bits per heavy atom. The summed E-state index contributed by atoms with van der Waals surface area (Å²) in [5.74, 6) is -0.0521. The largest absolute Gasteiger partial charge is 0.369 e. The van der Waals surface area contributed by atoms with E-state index < -0.39 is 0 Å². The molecule has 3 aliphatic rings. The van der Waals surface area contributed by atoms with Gasteiger partial charge in [-0.2, -0.15) is 5.10 Å². The van der Waals surface area contributed by atoms with Crippen molar-refractivity contribution in [1.29, 1.82) is 0 Å². The Kier molecular flexibility index (Phi) is 6.17. The van der Waals surface area contributed by atoms with Crippen molar-refractivity contribution in [3.05, 3.63) is 47.0 Å². The Hall–Kier alpha value is -2.41. The number of piperazine rings is 1. The number of likely N-dealkylation sites (tertiary alicyclic amines) is 1. The first kappa shape index (κ1) is 21.4. The highest BCUT2D eigenvalue weighted by atomic mass is 19.1. The van der Waals surface area contributed by atoms with E-state index in [4.69, 9.17) is 5.10 Å². The number of carbonyl (C=O) groups excluding carboxylic acids is 1. The molecule has 32 heavy (non-hydrogen) atoms. The summed E-state index contributed by atoms with van der Waals surface area (Å²) in [5, 5.41) is 4.83. The third-order valence-electron chi connectivity index (χ3n) is 7.37. The molecule has 2 saturated heterocycles. The number of hydrogen-bond donors (Lipinski definition) is 0. The van der Waals surface area contributed by atoms with Crippen molar-refractivity contribution < 1.29 is 9.18 Å². The average molecular weight is 440 g/mol. The molecule has 1 unspecified atom stereocenters. The van der Waals surface area contributed by atoms with Crippen LogP contribution in [0.1, 0.15) is 54.4 Å². The number of halogens is 1. The summed E-state index contributed by atoms with van der Waals surface area (Å²) in [7, 11) is 0. The van der Waals surface area contributed by atoms with Crippen LogP contribution in [0.2, 0.25) is 0 Å². The van der Waals surface area contributed by atoms with E-state index in [-0.39, 0.29) is 11.7 Å². The maximum atomic E-state index is 13.3. The number of fused-ring (bicyclic) bond motifs is 1. The maximum absolute atomic E-state index is 13.3. The molecule has 1 atom stereocenters. The number of carbonyl (C=O) groups is 1. The molecule has 1 aromatic heterocycles. The number of hydrogen-bond acceptors (Lipinski definition) is 4. The zero-order chi connectivity index (χ0) is 22.1. The summed E-state index contributed by atoms with van der Waals surface area (Å²) in [6.07, 6.45) is 6.27. The van der Waals surface area contributed by atoms with Crippen LogP contribution < -0.4 is 4.90 Å². The van der Waals surface area contributed by atoms with Gasteiger partial charge in [-0.1, -0.05) is 6.92 Å². The van der Waals surface area contributed by atoms with Gasteiger partial charge < -0.3 is 9.80 Å². The molecule has 3 heterocycles. The Bertz CT molecular complexity index is 942. The number of nitrogens with zero attached hydrogens (tertiary/aromatic N) is 5. The minimum Gasteiger partial charge on any atom is -0.369 e. The smallest absolute Gasteiger partial charge is 0.274 e. The van der Waals surface area contributed by atoms with Gasteiger partial charge in [-0.25, -0.2) is 4.39 Å². The molecule has 1 amide bonds. The molecule has 2 aromatic rings. The number of benzene rings is 1. The van der Waals surface area contributed by atoms with Gasteiger partial charge in [0.25, 0.3) is 5.91 Å². The second-order valence-electron chi connectivity index (χ2n) is 9.39. The van der Waals surface area contributed by atoms with Crippen LogP contribution in [0.4, 0.5) is 10.1 Å². The fourth-order valence-electron chi connectivity index (χ4n) is 5.62. The molecule has 0 saturated carbocycles. The quantitative estimate of drug-likeness (QED) is 0.717. The topological polar surface area (TPSA) is 44.6 Å². The van der Waals surface area contributed by atoms with Gasteiger partial charge in [0.2, 0.25) is 0 Å². The second kappa shape index (κ2) is 9.22. The monoisotopic (exact) mass is 439 g/mol. The Morgan fingerprint density at radius 1 is 1.06 bits per heavy atom. The Balaban J connectivity index is 1.29. The summed E-state index contributed by atoms with van der Waals surface area (Å²) in [6.45, 7) is 8.67. The fourth-order valence-corrected chi connectivity index (χ4v) is 5.62. The van der Waals surface area contributed by atoms with E-state index >= 15 is 0 Å². The molecular formula is C25H34FN5O. The van der Waals surface area contributed by atoms with Gasteiger partial charge in [0.05, 0.1) is 0 Å². The Labute approximate surface area is 190 Å². The maximum Gasteiger partial charge on any atom is 0.274 e. The third kappa shape index (κ3) is 4.15. The van der Waals surface area contributed by atoms with E-state index in [1.807, 2.05) is 17.0 Å². The van der Waals surface area contributed by atoms with Gasteiger partial charge in [-0.05, 0) is 62.8 Å². The first-order valence-electron chi connectivity index (χ1n) is 12.3. The van der Waals surface area contributed by atoms with Crippen molar-refractivity contribution >= 4 is 11.6 Å². The minimum absolute atomic E-state index is 0.135. The number of rotatable bonds is 5. The molecule has 7 heteroatoms. The molecule has 172 valence electrons. The normalized spacial score (nSPS) is 21.8. The molecule has 1 aliphatic carbocycles. The van der Waals surface area contributed by atoms with E-state index in [1.54, 1.807) is 0 Å². The van der Waals surface area contributed by atoms with Crippen LogP contribution in [0, 0.1) is 5.82 Å². The van der Waals surface area contributed by atoms with E-state index in [9.17, 15) is 9.18 Å². The lowest BCUT2D eigenvalue weighted by molar-refractivity contribution is 0.0784. The third-order valence-corrected chi connectivity index (χ3v) is 7.37. The molecule has 6 nitrogen and oxygen atoms in total. The number of aromatic nitrogens is 2. The molecular weight excluding hydrogens is 405 g/mol. The van der Waals surface area contributed by atoms with Crippen LogP contribution in [0.5, 0.6) is 0 Å². The molecule has 5 rings (SSSR count). The van der Waals surface area contributed by atoms with Crippen LogP contribution in [0.3, 0.4) is 0 Å². The van der Waals surface area contributed by atoms with Crippen LogP contribution in [0.15, 0.2) is 24.3 Å². The summed E-state index contributed by atoms with van der Waals surface area (Å²) >= 11 is 0. The number of anilines is 1. The predicted molar refractivity (Wildman–Crippen MR) is 124 cm³/mol. The summed E-state index contributed by atoms with van der Waals surface area (Å²) in [4.78, 5) is 20.2. The molecule has 2 aliphatic heterocycles. The minimum atomic E-state index is -0.187. The van der Waals surface area contributed by atoms with E-state index in [0.29, 0.717) is 11.7 Å². The lowest BCUT2D eigenvalue weighted by Gasteiger charge is -2.41. The van der Waals surface area contributed by atoms with Crippen LogP contribution in [-0.2, 0) is 19.4 Å². The number of amides is 1. The van der Waals surface area contributed by atoms with Gasteiger partial charge in [-0.3, -0.25) is 14.4 Å². The first-order chi connectivity index (χ1) is 15.6. The average Bonchev–Trinajstić information content (AvgIpc) is 3.48. The van der Waals surface area contributed by atoms with Gasteiger partial charge in [0.1, 0.15) is 5.82 Å². The fraction of sp³-hybridized carbons (Fsp3) is 0.600. The first-order valence-corrected chi connectivity index (χ1v) is 12.3. The van der Waals surface area contributed by atoms with Crippen LogP contribution in [0.25, 0.3) is 0 Å². The molecule has 0 radical (unpaired) electrons. The van der Waals surface area contributed by atoms with Crippen LogP contribution in [-0.4, -0.2) is 70.8 Å². The Morgan fingerprint density at radius 2 is 1.78 bits per heavy atom. The number of aryl methyl sites for hydroxylation is 1. The van der Waals surface area contributed by atoms with Gasteiger partial charge in [0, 0.05) is 68.8 Å². The lowest BCUT2D eigenvalue weighted by Crippen LogP contribution is -2.52. The summed E-state index contributed by atoms with van der Waals surface area (Å²) in [5.41, 5.74) is 4.30. The summed E-state index contributed by atoms with van der Waals surface area (Å²) in [6, 6.07) is 7.28. The SMILES string of the molecule is CCCn1nc(C(=O)N2CCCC2)c2c1CCC(N1CCN(c3ccc(F)cc3)CC1)C2. The van der Waals surface area contributed by atoms with E-state index in [2.05, 4.69) is 21.4 Å². The highest BCUT2D eigenvalue weighted by Gasteiger charge is 2.34. The highest BCUT2D eigenvalue weighted by Crippen LogP contribution is 2.30. The molecule has 2 fully saturated rings. The van der Waals surface area contributed by atoms with Crippen molar-refractivity contribution in [3.63, 3.8) is 0 Å². The zero-order valence-electron chi connectivity index (χ0n) is 19.1. The predicted octanol–water partition coefficient (Wildman–Crippen LogP) is 3.35. The van der Waals surface area contributed by atoms with Crippen molar-refractivity contribution in [1.82, 2.24) is 19.6 Å². The van der Waals surface area contributed by atoms with Gasteiger partial charge >= 0.3 is 0 Å². The summed E-state index contributed by atoms with van der Waals surface area (Å²) < 4.78 is 15.4. The molecule has 0 spiro atoms. The van der Waals surface area contributed by atoms with Crippen molar-refractivity contribution in [2.45, 2.75) is 58.0 Å². The van der Waals surface area contributed by atoms with Crippen molar-refractivity contribution in [3.8, 4) is 0 Å². The molecule has 0 bridgehead atoms. The lowest BCUT2D eigenvalue weighted by atomic mass is 9.89. The second-order valence-corrected chi connectivity index (χ2v) is 9.39. The molecule has 0 N–H and O–H groups in total.